The van der Waals surface area contributed by atoms with Crippen molar-refractivity contribution in [3.8, 4) is 11.5 Å². The highest BCUT2D eigenvalue weighted by molar-refractivity contribution is 5.99. The molecule has 1 amide bonds. The number of nitrogens with one attached hydrogen (secondary N) is 2. The average molecular weight is 454 g/mol. The summed E-state index contributed by atoms with van der Waals surface area (Å²) in [6.07, 6.45) is 0.698. The van der Waals surface area contributed by atoms with Gasteiger partial charge in [0.1, 0.15) is 17.5 Å². The number of nitrogens with zero attached hydrogens (tertiary/aromatic N) is 2. The van der Waals surface area contributed by atoms with E-state index in [9.17, 15) is 14.9 Å². The summed E-state index contributed by atoms with van der Waals surface area (Å²) in [5.41, 5.74) is 1.51. The number of carbonyl (C=O) groups is 1. The molecule has 0 saturated carbocycles. The number of methoxy groups -OCH3 is 2. The molecule has 0 fully saturated rings. The predicted molar refractivity (Wildman–Crippen MR) is 124 cm³/mol. The highest BCUT2D eigenvalue weighted by atomic mass is 16.6. The van der Waals surface area contributed by atoms with Gasteiger partial charge in [-0.25, -0.2) is 9.78 Å². The molecule has 3 aromatic rings. The van der Waals surface area contributed by atoms with Gasteiger partial charge in [-0.1, -0.05) is 12.1 Å². The van der Waals surface area contributed by atoms with E-state index in [4.69, 9.17) is 14.2 Å². The molecule has 0 atom stereocenters. The second-order valence-corrected chi connectivity index (χ2v) is 8.18. The van der Waals surface area contributed by atoms with Crippen LogP contribution in [0.5, 0.6) is 11.5 Å². The number of benzene rings is 2. The van der Waals surface area contributed by atoms with Gasteiger partial charge in [0, 0.05) is 23.7 Å². The first-order valence-electron chi connectivity index (χ1n) is 10.1. The van der Waals surface area contributed by atoms with Crippen molar-refractivity contribution in [2.45, 2.75) is 32.9 Å². The van der Waals surface area contributed by atoms with Crippen molar-refractivity contribution in [3.05, 3.63) is 58.3 Å². The summed E-state index contributed by atoms with van der Waals surface area (Å²) in [4.78, 5) is 27.2. The minimum absolute atomic E-state index is 0.176. The number of rotatable bonds is 7. The average Bonchev–Trinajstić information content (AvgIpc) is 2.76. The van der Waals surface area contributed by atoms with Gasteiger partial charge in [-0.15, -0.1) is 0 Å². The number of nitro groups is 1. The van der Waals surface area contributed by atoms with E-state index in [1.165, 1.54) is 20.4 Å². The molecule has 1 heterocycles. The first-order chi connectivity index (χ1) is 15.6. The summed E-state index contributed by atoms with van der Waals surface area (Å²) in [6.45, 7) is 5.66. The molecule has 0 radical (unpaired) electrons. The Morgan fingerprint density at radius 1 is 1.09 bits per heavy atom. The summed E-state index contributed by atoms with van der Waals surface area (Å²) in [6, 6.07) is 10.5. The third kappa shape index (κ3) is 5.79. The zero-order valence-electron chi connectivity index (χ0n) is 19.1. The fourth-order valence-electron chi connectivity index (χ4n) is 3.12. The number of pyridine rings is 1. The number of amides is 1. The fraction of sp³-hybridized carbons (Fsp3) is 0.304. The molecule has 33 heavy (non-hydrogen) atoms. The fourth-order valence-corrected chi connectivity index (χ4v) is 3.12. The molecule has 3 rings (SSSR count). The number of hydrogen-bond donors (Lipinski definition) is 2. The minimum atomic E-state index is -0.577. The van der Waals surface area contributed by atoms with Crippen molar-refractivity contribution in [1.82, 2.24) is 10.3 Å². The van der Waals surface area contributed by atoms with Crippen LogP contribution < -0.4 is 20.1 Å². The summed E-state index contributed by atoms with van der Waals surface area (Å²) >= 11 is 0. The molecule has 1 aromatic heterocycles. The first kappa shape index (κ1) is 23.6. The first-order valence-corrected chi connectivity index (χ1v) is 10.1. The van der Waals surface area contributed by atoms with Gasteiger partial charge >= 0.3 is 11.8 Å². The van der Waals surface area contributed by atoms with E-state index in [1.54, 1.807) is 57.2 Å². The molecular formula is C23H26N4O6. The molecule has 0 unspecified atom stereocenters. The summed E-state index contributed by atoms with van der Waals surface area (Å²) in [5.74, 6) is 0.901. The van der Waals surface area contributed by atoms with Crippen LogP contribution in [0.15, 0.2) is 42.6 Å². The molecule has 10 heteroatoms. The van der Waals surface area contributed by atoms with Crippen molar-refractivity contribution in [2.75, 3.05) is 19.5 Å². The van der Waals surface area contributed by atoms with E-state index in [0.717, 1.165) is 5.56 Å². The quantitative estimate of drug-likeness (QED) is 0.380. The van der Waals surface area contributed by atoms with E-state index in [-0.39, 0.29) is 17.9 Å². The molecular weight excluding hydrogens is 428 g/mol. The zero-order chi connectivity index (χ0) is 24.2. The Labute approximate surface area is 191 Å². The molecule has 10 nitrogen and oxygen atoms in total. The monoisotopic (exact) mass is 454 g/mol. The highest BCUT2D eigenvalue weighted by Crippen LogP contribution is 2.39. The molecule has 0 spiro atoms. The standard InChI is InChI=1S/C23H26N4O6/c1-23(2,3)33-22(28)25-12-14-6-8-15(9-7-14)26-21-16-10-19(31-4)20(32-5)11-17(16)24-13-18(21)27(29)30/h6-11,13H,12H2,1-5H3,(H,24,26)(H,25,28). The lowest BCUT2D eigenvalue weighted by Gasteiger charge is -2.19. The zero-order valence-corrected chi connectivity index (χ0v) is 19.1. The van der Waals surface area contributed by atoms with Crippen molar-refractivity contribution in [2.24, 2.45) is 0 Å². The Bertz CT molecular complexity index is 1170. The molecule has 0 aliphatic carbocycles. The SMILES string of the molecule is COc1cc2ncc([N+](=O)[O-])c(Nc3ccc(CNC(=O)OC(C)(C)C)cc3)c2cc1OC. The van der Waals surface area contributed by atoms with Gasteiger partial charge in [0.05, 0.1) is 24.7 Å². The van der Waals surface area contributed by atoms with E-state index in [0.29, 0.717) is 28.1 Å². The maximum atomic E-state index is 11.8. The molecule has 0 aliphatic rings. The van der Waals surface area contributed by atoms with Gasteiger partial charge in [0.15, 0.2) is 11.5 Å². The highest BCUT2D eigenvalue weighted by Gasteiger charge is 2.21. The lowest BCUT2D eigenvalue weighted by molar-refractivity contribution is -0.384. The van der Waals surface area contributed by atoms with Crippen LogP contribution in [0.2, 0.25) is 0 Å². The minimum Gasteiger partial charge on any atom is -0.493 e. The maximum Gasteiger partial charge on any atom is 0.407 e. The second kappa shape index (κ2) is 9.60. The normalized spacial score (nSPS) is 11.1. The van der Waals surface area contributed by atoms with Gasteiger partial charge in [-0.05, 0) is 44.5 Å². The van der Waals surface area contributed by atoms with E-state index < -0.39 is 16.6 Å². The molecule has 2 aromatic carbocycles. The van der Waals surface area contributed by atoms with Gasteiger partial charge in [-0.2, -0.15) is 0 Å². The van der Waals surface area contributed by atoms with Crippen LogP contribution in [0.25, 0.3) is 10.9 Å². The van der Waals surface area contributed by atoms with Gasteiger partial charge in [-0.3, -0.25) is 10.1 Å². The lowest BCUT2D eigenvalue weighted by Crippen LogP contribution is -2.32. The van der Waals surface area contributed by atoms with Crippen LogP contribution in [0.3, 0.4) is 0 Å². The van der Waals surface area contributed by atoms with Crippen molar-refractivity contribution in [3.63, 3.8) is 0 Å². The second-order valence-electron chi connectivity index (χ2n) is 8.18. The number of carbonyl (C=O) groups excluding carboxylic acids is 1. The number of ether oxygens (including phenoxy) is 3. The third-order valence-corrected chi connectivity index (χ3v) is 4.61. The van der Waals surface area contributed by atoms with Gasteiger partial charge in [0.2, 0.25) is 0 Å². The Hall–Kier alpha value is -4.08. The van der Waals surface area contributed by atoms with Crippen molar-refractivity contribution in [1.29, 1.82) is 0 Å². The number of hydrogen-bond acceptors (Lipinski definition) is 8. The van der Waals surface area contributed by atoms with Gasteiger partial charge < -0.3 is 24.8 Å². The smallest absolute Gasteiger partial charge is 0.407 e. The van der Waals surface area contributed by atoms with Crippen LogP contribution in [-0.4, -0.2) is 35.8 Å². The largest absolute Gasteiger partial charge is 0.493 e. The van der Waals surface area contributed by atoms with Crippen LogP contribution in [0.4, 0.5) is 21.9 Å². The predicted octanol–water partition coefficient (Wildman–Crippen LogP) is 4.93. The summed E-state index contributed by atoms with van der Waals surface area (Å²) < 4.78 is 15.9. The molecule has 0 saturated heterocycles. The Balaban J connectivity index is 1.87. The van der Waals surface area contributed by atoms with Crippen LogP contribution in [-0.2, 0) is 11.3 Å². The topological polar surface area (TPSA) is 125 Å². The number of fused-ring (bicyclic) bond motifs is 1. The molecule has 2 N–H and O–H groups in total. The Morgan fingerprint density at radius 3 is 2.30 bits per heavy atom. The molecule has 174 valence electrons. The number of aromatic nitrogens is 1. The van der Waals surface area contributed by atoms with Crippen molar-refractivity contribution >= 4 is 34.1 Å². The van der Waals surface area contributed by atoms with Crippen LogP contribution in [0.1, 0.15) is 26.3 Å². The Morgan fingerprint density at radius 2 is 1.73 bits per heavy atom. The third-order valence-electron chi connectivity index (χ3n) is 4.61. The van der Waals surface area contributed by atoms with E-state index in [2.05, 4.69) is 15.6 Å². The maximum absolute atomic E-state index is 11.8. The number of alkyl carbamates (subject to hydrolysis) is 1. The van der Waals surface area contributed by atoms with E-state index in [1.807, 2.05) is 0 Å². The van der Waals surface area contributed by atoms with Crippen LogP contribution in [0, 0.1) is 10.1 Å². The molecule has 0 aliphatic heterocycles. The summed E-state index contributed by atoms with van der Waals surface area (Å²) in [7, 11) is 3.00. The van der Waals surface area contributed by atoms with Crippen molar-refractivity contribution < 1.29 is 23.9 Å². The van der Waals surface area contributed by atoms with E-state index >= 15 is 0 Å². The Kier molecular flexibility index (Phi) is 6.86. The summed E-state index contributed by atoms with van der Waals surface area (Å²) in [5, 5.41) is 18.0. The lowest BCUT2D eigenvalue weighted by atomic mass is 10.1. The van der Waals surface area contributed by atoms with Crippen LogP contribution >= 0.6 is 0 Å². The number of anilines is 2. The van der Waals surface area contributed by atoms with Gasteiger partial charge in [0.25, 0.3) is 0 Å². The molecule has 0 bridgehead atoms.